The highest BCUT2D eigenvalue weighted by molar-refractivity contribution is 8.00. The van der Waals surface area contributed by atoms with Gasteiger partial charge in [-0.25, -0.2) is 0 Å². The van der Waals surface area contributed by atoms with Crippen LogP contribution in [0.4, 0.5) is 5.13 Å². The predicted octanol–water partition coefficient (Wildman–Crippen LogP) is 4.92. The quantitative estimate of drug-likeness (QED) is 0.436. The second-order valence-electron chi connectivity index (χ2n) is 5.75. The van der Waals surface area contributed by atoms with Gasteiger partial charge in [-0.05, 0) is 29.8 Å². The Morgan fingerprint density at radius 3 is 2.86 bits per heavy atom. The Hall–Kier alpha value is -2.00. The molecule has 0 saturated carbocycles. The molecular formula is C18H13Cl2N3O3S2. The molecule has 0 bridgehead atoms. The second-order valence-corrected chi connectivity index (χ2v) is 8.79. The van der Waals surface area contributed by atoms with Crippen LogP contribution < -0.4 is 14.8 Å². The van der Waals surface area contributed by atoms with Gasteiger partial charge in [-0.1, -0.05) is 64.5 Å². The standard InChI is InChI=1S/C18H13Cl2N3O3S2/c19-11-6-5-10(12(20)7-11)9-27-18-23-22-17(28-18)21-16(24)15-8-25-13-3-1-2-4-14(13)26-15/h1-7,15H,8-9H2,(H,21,22,24)/t15-/m1/s1. The van der Waals surface area contributed by atoms with Crippen molar-refractivity contribution in [3.05, 3.63) is 58.1 Å². The highest BCUT2D eigenvalue weighted by Gasteiger charge is 2.28. The maximum atomic E-state index is 12.4. The van der Waals surface area contributed by atoms with Crippen LogP contribution in [-0.4, -0.2) is 28.8 Å². The number of carbonyl (C=O) groups is 1. The lowest BCUT2D eigenvalue weighted by Gasteiger charge is -2.25. The van der Waals surface area contributed by atoms with Crippen molar-refractivity contribution in [2.24, 2.45) is 0 Å². The lowest BCUT2D eigenvalue weighted by molar-refractivity contribution is -0.125. The number of halogens is 2. The summed E-state index contributed by atoms with van der Waals surface area (Å²) in [5.41, 5.74) is 0.947. The summed E-state index contributed by atoms with van der Waals surface area (Å²) in [6.45, 7) is 0.137. The predicted molar refractivity (Wildman–Crippen MR) is 111 cm³/mol. The van der Waals surface area contributed by atoms with Gasteiger partial charge in [0.25, 0.3) is 5.91 Å². The molecular weight excluding hydrogens is 441 g/mol. The third-order valence-electron chi connectivity index (χ3n) is 3.80. The number of hydrogen-bond donors (Lipinski definition) is 1. The van der Waals surface area contributed by atoms with Gasteiger partial charge in [0.05, 0.1) is 0 Å². The van der Waals surface area contributed by atoms with Crippen molar-refractivity contribution in [1.82, 2.24) is 10.2 Å². The van der Waals surface area contributed by atoms with Crippen LogP contribution in [0.25, 0.3) is 0 Å². The van der Waals surface area contributed by atoms with E-state index in [0.29, 0.717) is 36.8 Å². The Kier molecular flexibility index (Phi) is 5.91. The number of nitrogens with one attached hydrogen (secondary N) is 1. The van der Waals surface area contributed by atoms with Gasteiger partial charge in [0, 0.05) is 15.8 Å². The van der Waals surface area contributed by atoms with Crippen molar-refractivity contribution < 1.29 is 14.3 Å². The monoisotopic (exact) mass is 453 g/mol. The van der Waals surface area contributed by atoms with E-state index in [9.17, 15) is 4.79 Å². The van der Waals surface area contributed by atoms with Gasteiger partial charge >= 0.3 is 0 Å². The van der Waals surface area contributed by atoms with Gasteiger partial charge in [0.2, 0.25) is 11.2 Å². The fraction of sp³-hybridized carbons (Fsp3) is 0.167. The van der Waals surface area contributed by atoms with Crippen molar-refractivity contribution in [2.45, 2.75) is 16.2 Å². The van der Waals surface area contributed by atoms with Gasteiger partial charge in [-0.3, -0.25) is 10.1 Å². The van der Waals surface area contributed by atoms with Gasteiger partial charge in [0.15, 0.2) is 15.8 Å². The molecule has 0 saturated heterocycles. The van der Waals surface area contributed by atoms with Crippen LogP contribution in [0, 0.1) is 0 Å². The molecule has 144 valence electrons. The lowest BCUT2D eigenvalue weighted by Crippen LogP contribution is -2.40. The largest absolute Gasteiger partial charge is 0.485 e. The maximum Gasteiger partial charge on any atom is 0.270 e. The third-order valence-corrected chi connectivity index (χ3v) is 6.41. The Morgan fingerprint density at radius 2 is 2.04 bits per heavy atom. The van der Waals surface area contributed by atoms with E-state index in [4.69, 9.17) is 32.7 Å². The Balaban J connectivity index is 1.34. The summed E-state index contributed by atoms with van der Waals surface area (Å²) in [5, 5.41) is 12.4. The van der Waals surface area contributed by atoms with E-state index in [1.54, 1.807) is 24.3 Å². The number of nitrogens with zero attached hydrogens (tertiary/aromatic N) is 2. The molecule has 0 spiro atoms. The number of thioether (sulfide) groups is 1. The highest BCUT2D eigenvalue weighted by atomic mass is 35.5. The summed E-state index contributed by atoms with van der Waals surface area (Å²) in [5.74, 6) is 1.46. The van der Waals surface area contributed by atoms with E-state index < -0.39 is 6.10 Å². The molecule has 1 amide bonds. The van der Waals surface area contributed by atoms with Crippen molar-refractivity contribution in [1.29, 1.82) is 0 Å². The lowest BCUT2D eigenvalue weighted by atomic mass is 10.2. The number of ether oxygens (including phenoxy) is 2. The van der Waals surface area contributed by atoms with E-state index in [0.717, 1.165) is 5.56 Å². The second kappa shape index (κ2) is 8.57. The van der Waals surface area contributed by atoms with Crippen molar-refractivity contribution >= 4 is 57.3 Å². The fourth-order valence-electron chi connectivity index (χ4n) is 2.43. The number of aromatic nitrogens is 2. The Morgan fingerprint density at radius 1 is 1.21 bits per heavy atom. The van der Waals surface area contributed by atoms with Crippen molar-refractivity contribution in [2.75, 3.05) is 11.9 Å². The SMILES string of the molecule is O=C(Nc1nnc(SCc2ccc(Cl)cc2Cl)s1)[C@H]1COc2ccccc2O1. The van der Waals surface area contributed by atoms with Crippen LogP contribution in [0.1, 0.15) is 5.56 Å². The molecule has 0 radical (unpaired) electrons. The molecule has 1 aliphatic heterocycles. The third kappa shape index (κ3) is 4.52. The number of anilines is 1. The van der Waals surface area contributed by atoms with Crippen molar-refractivity contribution in [3.8, 4) is 11.5 Å². The van der Waals surface area contributed by atoms with Crippen LogP contribution >= 0.6 is 46.3 Å². The first-order chi connectivity index (χ1) is 13.6. The smallest absolute Gasteiger partial charge is 0.270 e. The Labute approximate surface area is 179 Å². The summed E-state index contributed by atoms with van der Waals surface area (Å²) < 4.78 is 12.0. The summed E-state index contributed by atoms with van der Waals surface area (Å²) in [6.07, 6.45) is -0.747. The summed E-state index contributed by atoms with van der Waals surface area (Å²) in [4.78, 5) is 12.4. The fourth-order valence-corrected chi connectivity index (χ4v) is 4.74. The summed E-state index contributed by atoms with van der Waals surface area (Å²) in [7, 11) is 0. The number of carbonyl (C=O) groups excluding carboxylic acids is 1. The number of rotatable bonds is 5. The molecule has 1 aromatic heterocycles. The van der Waals surface area contributed by atoms with E-state index >= 15 is 0 Å². The minimum atomic E-state index is -0.747. The molecule has 1 N–H and O–H groups in total. The normalized spacial score (nSPS) is 15.3. The van der Waals surface area contributed by atoms with Crippen LogP contribution in [0.5, 0.6) is 11.5 Å². The first-order valence-electron chi connectivity index (χ1n) is 8.18. The van der Waals surface area contributed by atoms with Crippen LogP contribution in [-0.2, 0) is 10.5 Å². The van der Waals surface area contributed by atoms with Crippen LogP contribution in [0.3, 0.4) is 0 Å². The van der Waals surface area contributed by atoms with Gasteiger partial charge in [-0.2, -0.15) is 0 Å². The molecule has 10 heteroatoms. The molecule has 4 rings (SSSR count). The van der Waals surface area contributed by atoms with Crippen LogP contribution in [0.15, 0.2) is 46.8 Å². The maximum absolute atomic E-state index is 12.4. The zero-order chi connectivity index (χ0) is 19.5. The molecule has 1 atom stereocenters. The topological polar surface area (TPSA) is 73.3 Å². The molecule has 0 unspecified atom stereocenters. The number of amides is 1. The number of fused-ring (bicyclic) bond motifs is 1. The molecule has 2 aromatic carbocycles. The molecule has 2 heterocycles. The first kappa shape index (κ1) is 19.3. The molecule has 0 fully saturated rings. The average Bonchev–Trinajstić information content (AvgIpc) is 3.14. The zero-order valence-corrected chi connectivity index (χ0v) is 17.4. The first-order valence-corrected chi connectivity index (χ1v) is 10.7. The van der Waals surface area contributed by atoms with Gasteiger partial charge in [0.1, 0.15) is 6.61 Å². The number of para-hydroxylation sites is 2. The molecule has 0 aliphatic carbocycles. The minimum absolute atomic E-state index is 0.137. The zero-order valence-electron chi connectivity index (χ0n) is 14.2. The van der Waals surface area contributed by atoms with Gasteiger partial charge in [-0.15, -0.1) is 10.2 Å². The number of hydrogen-bond acceptors (Lipinski definition) is 7. The van der Waals surface area contributed by atoms with E-state index in [2.05, 4.69) is 15.5 Å². The van der Waals surface area contributed by atoms with E-state index in [-0.39, 0.29) is 12.5 Å². The summed E-state index contributed by atoms with van der Waals surface area (Å²) >= 11 is 14.8. The number of benzene rings is 2. The molecule has 6 nitrogen and oxygen atoms in total. The molecule has 3 aromatic rings. The molecule has 1 aliphatic rings. The molecule has 28 heavy (non-hydrogen) atoms. The minimum Gasteiger partial charge on any atom is -0.485 e. The van der Waals surface area contributed by atoms with Crippen molar-refractivity contribution in [3.63, 3.8) is 0 Å². The van der Waals surface area contributed by atoms with E-state index in [1.807, 2.05) is 18.2 Å². The Bertz CT molecular complexity index is 1020. The highest BCUT2D eigenvalue weighted by Crippen LogP contribution is 2.33. The van der Waals surface area contributed by atoms with Crippen LogP contribution in [0.2, 0.25) is 10.0 Å². The van der Waals surface area contributed by atoms with Gasteiger partial charge < -0.3 is 9.47 Å². The average molecular weight is 454 g/mol. The summed E-state index contributed by atoms with van der Waals surface area (Å²) in [6, 6.07) is 12.6. The van der Waals surface area contributed by atoms with E-state index in [1.165, 1.54) is 23.1 Å².